The lowest BCUT2D eigenvalue weighted by Gasteiger charge is -2.26. The van der Waals surface area contributed by atoms with Gasteiger partial charge in [0.2, 0.25) is 15.9 Å². The molecule has 0 aromatic heterocycles. The van der Waals surface area contributed by atoms with E-state index in [2.05, 4.69) is 0 Å². The molecule has 1 N–H and O–H groups in total. The summed E-state index contributed by atoms with van der Waals surface area (Å²) in [7, 11) is -3.62. The second-order valence-corrected chi connectivity index (χ2v) is 5.87. The Morgan fingerprint density at radius 1 is 1.22 bits per heavy atom. The van der Waals surface area contributed by atoms with Crippen molar-refractivity contribution in [3.8, 4) is 0 Å². The summed E-state index contributed by atoms with van der Waals surface area (Å²) >= 11 is 0. The number of carboxylic acid groups (broad SMARTS) is 1. The van der Waals surface area contributed by atoms with E-state index in [0.29, 0.717) is 6.42 Å². The highest BCUT2D eigenvalue weighted by Crippen LogP contribution is 2.24. The summed E-state index contributed by atoms with van der Waals surface area (Å²) in [6.07, 6.45) is 0.505. The summed E-state index contributed by atoms with van der Waals surface area (Å²) in [5.41, 5.74) is 0.227. The Hall–Kier alpha value is -1.89. The first-order valence-electron chi connectivity index (χ1n) is 5.31. The van der Waals surface area contributed by atoms with Gasteiger partial charge in [-0.2, -0.15) is 0 Å². The SMILES string of the molecule is O=C(O)c1ccc(N2C(=O)CCCS2(=O)=O)cc1. The molecule has 6 nitrogen and oxygen atoms in total. The van der Waals surface area contributed by atoms with E-state index in [1.165, 1.54) is 24.3 Å². The standard InChI is InChI=1S/C11H11NO5S/c13-10-2-1-7-18(16,17)12(10)9-5-3-8(4-6-9)11(14)15/h3-6H,1-2,7H2,(H,14,15). The van der Waals surface area contributed by atoms with Gasteiger partial charge in [-0.3, -0.25) is 4.79 Å². The third kappa shape index (κ3) is 2.21. The Balaban J connectivity index is 2.40. The Labute approximate surface area is 104 Å². The van der Waals surface area contributed by atoms with Crippen LogP contribution in [-0.4, -0.2) is 31.2 Å². The lowest BCUT2D eigenvalue weighted by atomic mass is 10.2. The van der Waals surface area contributed by atoms with E-state index in [-0.39, 0.29) is 23.4 Å². The van der Waals surface area contributed by atoms with Crippen LogP contribution in [0.1, 0.15) is 23.2 Å². The maximum Gasteiger partial charge on any atom is 0.335 e. The van der Waals surface area contributed by atoms with Crippen molar-refractivity contribution in [2.24, 2.45) is 0 Å². The van der Waals surface area contributed by atoms with Gasteiger partial charge in [0.25, 0.3) is 0 Å². The molecule has 1 fully saturated rings. The molecule has 0 unspecified atom stereocenters. The molecule has 0 bridgehead atoms. The van der Waals surface area contributed by atoms with Crippen molar-refractivity contribution < 1.29 is 23.1 Å². The number of nitrogens with zero attached hydrogens (tertiary/aromatic N) is 1. The first kappa shape index (κ1) is 12.6. The molecule has 7 heteroatoms. The average molecular weight is 269 g/mol. The second kappa shape index (κ2) is 4.41. The number of hydrogen-bond acceptors (Lipinski definition) is 4. The zero-order chi connectivity index (χ0) is 13.3. The van der Waals surface area contributed by atoms with Gasteiger partial charge in [-0.05, 0) is 30.7 Å². The number of amides is 1. The molecule has 1 aromatic carbocycles. The van der Waals surface area contributed by atoms with E-state index in [1.54, 1.807) is 0 Å². The zero-order valence-electron chi connectivity index (χ0n) is 9.37. The normalized spacial score (nSPS) is 18.7. The van der Waals surface area contributed by atoms with Gasteiger partial charge in [0.05, 0.1) is 17.0 Å². The van der Waals surface area contributed by atoms with Crippen LogP contribution in [0.5, 0.6) is 0 Å². The summed E-state index contributed by atoms with van der Waals surface area (Å²) in [4.78, 5) is 22.3. The number of carbonyl (C=O) groups excluding carboxylic acids is 1. The molecule has 0 radical (unpaired) electrons. The molecule has 0 spiro atoms. The molecule has 1 heterocycles. The number of benzene rings is 1. The Kier molecular flexibility index (Phi) is 3.08. The molecule has 1 aliphatic rings. The lowest BCUT2D eigenvalue weighted by molar-refractivity contribution is -0.117. The van der Waals surface area contributed by atoms with Gasteiger partial charge >= 0.3 is 5.97 Å². The van der Waals surface area contributed by atoms with E-state index >= 15 is 0 Å². The number of anilines is 1. The molecule has 0 saturated carbocycles. The topological polar surface area (TPSA) is 91.8 Å². The molecule has 1 aliphatic heterocycles. The van der Waals surface area contributed by atoms with Crippen LogP contribution in [0, 0.1) is 0 Å². The maximum absolute atomic E-state index is 11.8. The second-order valence-electron chi connectivity index (χ2n) is 3.93. The van der Waals surface area contributed by atoms with Crippen molar-refractivity contribution in [2.75, 3.05) is 10.1 Å². The number of aromatic carboxylic acids is 1. The molecule has 18 heavy (non-hydrogen) atoms. The van der Waals surface area contributed by atoms with Gasteiger partial charge < -0.3 is 5.11 Å². The smallest absolute Gasteiger partial charge is 0.335 e. The monoisotopic (exact) mass is 269 g/mol. The minimum absolute atomic E-state index is 0.0422. The number of carboxylic acids is 1. The molecule has 1 aromatic rings. The zero-order valence-corrected chi connectivity index (χ0v) is 10.2. The van der Waals surface area contributed by atoms with Crippen molar-refractivity contribution in [1.82, 2.24) is 0 Å². The van der Waals surface area contributed by atoms with Gasteiger partial charge in [-0.15, -0.1) is 0 Å². The predicted octanol–water partition coefficient (Wildman–Crippen LogP) is 0.841. The van der Waals surface area contributed by atoms with Gasteiger partial charge in [0.15, 0.2) is 0 Å². The molecular formula is C11H11NO5S. The van der Waals surface area contributed by atoms with Gasteiger partial charge in [-0.25, -0.2) is 17.5 Å². The summed E-state index contributed by atoms with van der Waals surface area (Å²) < 4.78 is 24.4. The highest BCUT2D eigenvalue weighted by Gasteiger charge is 2.32. The van der Waals surface area contributed by atoms with E-state index in [9.17, 15) is 18.0 Å². The molecule has 1 amide bonds. The fourth-order valence-electron chi connectivity index (χ4n) is 1.80. The van der Waals surface area contributed by atoms with Crippen molar-refractivity contribution in [3.05, 3.63) is 29.8 Å². The summed E-state index contributed by atoms with van der Waals surface area (Å²) in [6, 6.07) is 5.19. The van der Waals surface area contributed by atoms with E-state index in [0.717, 1.165) is 4.31 Å². The highest BCUT2D eigenvalue weighted by atomic mass is 32.2. The quantitative estimate of drug-likeness (QED) is 0.859. The minimum Gasteiger partial charge on any atom is -0.478 e. The fraction of sp³-hybridized carbons (Fsp3) is 0.273. The van der Waals surface area contributed by atoms with Gasteiger partial charge in [0, 0.05) is 6.42 Å². The third-order valence-electron chi connectivity index (χ3n) is 2.65. The van der Waals surface area contributed by atoms with Gasteiger partial charge in [0.1, 0.15) is 0 Å². The molecule has 0 atom stereocenters. The Bertz CT molecular complexity index is 590. The van der Waals surface area contributed by atoms with Crippen LogP contribution >= 0.6 is 0 Å². The van der Waals surface area contributed by atoms with Crippen LogP contribution < -0.4 is 4.31 Å². The molecule has 0 aliphatic carbocycles. The number of hydrogen-bond donors (Lipinski definition) is 1. The minimum atomic E-state index is -3.62. The van der Waals surface area contributed by atoms with Crippen LogP contribution in [0.25, 0.3) is 0 Å². The van der Waals surface area contributed by atoms with Crippen molar-refractivity contribution >= 4 is 27.6 Å². The van der Waals surface area contributed by atoms with Crippen molar-refractivity contribution in [2.45, 2.75) is 12.8 Å². The summed E-state index contributed by atoms with van der Waals surface area (Å²) in [5.74, 6) is -1.65. The predicted molar refractivity (Wildman–Crippen MR) is 63.9 cm³/mol. The first-order valence-corrected chi connectivity index (χ1v) is 6.92. The van der Waals surface area contributed by atoms with Crippen LogP contribution in [-0.2, 0) is 14.8 Å². The number of carbonyl (C=O) groups is 2. The van der Waals surface area contributed by atoms with E-state index in [4.69, 9.17) is 5.11 Å². The lowest BCUT2D eigenvalue weighted by Crippen LogP contribution is -2.42. The van der Waals surface area contributed by atoms with Crippen LogP contribution in [0.2, 0.25) is 0 Å². The molecule has 96 valence electrons. The van der Waals surface area contributed by atoms with Crippen LogP contribution in [0.3, 0.4) is 0 Å². The van der Waals surface area contributed by atoms with Crippen molar-refractivity contribution in [1.29, 1.82) is 0 Å². The number of sulfonamides is 1. The van der Waals surface area contributed by atoms with E-state index in [1.807, 2.05) is 0 Å². The van der Waals surface area contributed by atoms with Crippen molar-refractivity contribution in [3.63, 3.8) is 0 Å². The first-order chi connectivity index (χ1) is 8.42. The molecule has 1 saturated heterocycles. The molecule has 2 rings (SSSR count). The largest absolute Gasteiger partial charge is 0.478 e. The van der Waals surface area contributed by atoms with Crippen LogP contribution in [0.15, 0.2) is 24.3 Å². The average Bonchev–Trinajstić information content (AvgIpc) is 2.28. The van der Waals surface area contributed by atoms with Gasteiger partial charge in [-0.1, -0.05) is 0 Å². The Morgan fingerprint density at radius 2 is 1.83 bits per heavy atom. The van der Waals surface area contributed by atoms with E-state index < -0.39 is 21.9 Å². The maximum atomic E-state index is 11.8. The third-order valence-corrected chi connectivity index (χ3v) is 4.42. The fourth-order valence-corrected chi connectivity index (χ4v) is 3.33. The van der Waals surface area contributed by atoms with Crippen LogP contribution in [0.4, 0.5) is 5.69 Å². The Morgan fingerprint density at radius 3 is 2.33 bits per heavy atom. The summed E-state index contributed by atoms with van der Waals surface area (Å²) in [5, 5.41) is 8.74. The highest BCUT2D eigenvalue weighted by molar-refractivity contribution is 7.93. The summed E-state index contributed by atoms with van der Waals surface area (Å²) in [6.45, 7) is 0. The molecular weight excluding hydrogens is 258 g/mol. The number of rotatable bonds is 2.